The molecule has 0 aliphatic rings. The smallest absolute Gasteiger partial charge is 0.269 e. The average molecular weight is 283 g/mol. The minimum absolute atomic E-state index is 0.129. The molecule has 0 spiro atoms. The highest BCUT2D eigenvalue weighted by molar-refractivity contribution is 7.80. The number of thiocarbonyl (C=S) groups is 1. The topological polar surface area (TPSA) is 107 Å². The molecule has 0 aliphatic heterocycles. The van der Waals surface area contributed by atoms with Crippen molar-refractivity contribution in [2.45, 2.75) is 6.42 Å². The second-order valence-electron chi connectivity index (χ2n) is 3.84. The number of hydrogen-bond acceptors (Lipinski definition) is 6. The molecular weight excluding hydrogens is 266 g/mol. The van der Waals surface area contributed by atoms with Crippen LogP contribution in [0.4, 0.5) is 5.82 Å². The number of amides is 1. The highest BCUT2D eigenvalue weighted by atomic mass is 32.1. The third-order valence-electron chi connectivity index (χ3n) is 2.42. The fourth-order valence-corrected chi connectivity index (χ4v) is 1.50. The van der Waals surface area contributed by atoms with E-state index in [0.717, 1.165) is 0 Å². The predicted molar refractivity (Wildman–Crippen MR) is 76.0 cm³/mol. The lowest BCUT2D eigenvalue weighted by Gasteiger charge is -2.22. The molecule has 0 atom stereocenters. The molecule has 0 saturated carbocycles. The van der Waals surface area contributed by atoms with E-state index < -0.39 is 5.91 Å². The Hall–Kier alpha value is -1.80. The highest BCUT2D eigenvalue weighted by Gasteiger charge is 2.10. The van der Waals surface area contributed by atoms with E-state index in [9.17, 15) is 4.79 Å². The van der Waals surface area contributed by atoms with Crippen LogP contribution in [0.2, 0.25) is 0 Å². The Morgan fingerprint density at radius 3 is 2.58 bits per heavy atom. The Balaban J connectivity index is 2.77. The van der Waals surface area contributed by atoms with Crippen LogP contribution in [-0.4, -0.2) is 47.9 Å². The molecule has 0 fully saturated rings. The number of carbonyl (C=O) groups excluding carboxylic acids is 1. The first-order chi connectivity index (χ1) is 9.04. The minimum atomic E-state index is -0.606. The summed E-state index contributed by atoms with van der Waals surface area (Å²) in [6.07, 6.45) is 0.568. The normalized spacial score (nSPS) is 10.2. The number of rotatable bonds is 8. The molecular formula is C11H17N5O2S. The zero-order valence-corrected chi connectivity index (χ0v) is 11.5. The standard InChI is InChI=1S/C11H17N5O2S/c1-18-7-6-16(5-4-9(12)19)10-3-2-8(11(13)17)14-15-10/h2-3H,4-7H2,1H3,(H2,12,19)(H2,13,17). The molecule has 104 valence electrons. The number of anilines is 1. The van der Waals surface area contributed by atoms with Gasteiger partial charge < -0.3 is 21.1 Å². The Morgan fingerprint density at radius 1 is 1.37 bits per heavy atom. The van der Waals surface area contributed by atoms with Crippen LogP contribution >= 0.6 is 12.2 Å². The van der Waals surface area contributed by atoms with Crippen molar-refractivity contribution in [2.24, 2.45) is 11.5 Å². The summed E-state index contributed by atoms with van der Waals surface area (Å²) in [7, 11) is 1.62. The number of nitrogens with two attached hydrogens (primary N) is 2. The van der Waals surface area contributed by atoms with Gasteiger partial charge in [-0.05, 0) is 12.1 Å². The van der Waals surface area contributed by atoms with Crippen LogP contribution in [-0.2, 0) is 4.74 Å². The van der Waals surface area contributed by atoms with Gasteiger partial charge >= 0.3 is 0 Å². The SMILES string of the molecule is COCCN(CCC(N)=S)c1ccc(C(N)=O)nn1. The van der Waals surface area contributed by atoms with E-state index in [0.29, 0.717) is 36.9 Å². The second kappa shape index (κ2) is 7.59. The number of primary amides is 1. The van der Waals surface area contributed by atoms with E-state index >= 15 is 0 Å². The maximum absolute atomic E-state index is 10.9. The lowest BCUT2D eigenvalue weighted by molar-refractivity contribution is 0.0994. The molecule has 4 N–H and O–H groups in total. The van der Waals surface area contributed by atoms with Gasteiger partial charge in [-0.1, -0.05) is 12.2 Å². The quantitative estimate of drug-likeness (QED) is 0.631. The van der Waals surface area contributed by atoms with Crippen molar-refractivity contribution >= 4 is 28.9 Å². The number of carbonyl (C=O) groups is 1. The van der Waals surface area contributed by atoms with E-state index in [2.05, 4.69) is 10.2 Å². The summed E-state index contributed by atoms with van der Waals surface area (Å²) in [6.45, 7) is 1.78. The Kier molecular flexibility index (Phi) is 6.10. The van der Waals surface area contributed by atoms with Gasteiger partial charge in [0.25, 0.3) is 5.91 Å². The molecule has 1 aromatic heterocycles. The predicted octanol–water partition coefficient (Wildman–Crippen LogP) is -0.295. The first-order valence-corrected chi connectivity index (χ1v) is 6.11. The maximum Gasteiger partial charge on any atom is 0.269 e. The molecule has 1 rings (SSSR count). The van der Waals surface area contributed by atoms with Crippen LogP contribution in [0.1, 0.15) is 16.9 Å². The molecule has 1 amide bonds. The van der Waals surface area contributed by atoms with Crippen molar-refractivity contribution in [1.29, 1.82) is 0 Å². The van der Waals surface area contributed by atoms with Gasteiger partial charge in [-0.2, -0.15) is 0 Å². The van der Waals surface area contributed by atoms with Crippen molar-refractivity contribution in [3.8, 4) is 0 Å². The highest BCUT2D eigenvalue weighted by Crippen LogP contribution is 2.10. The summed E-state index contributed by atoms with van der Waals surface area (Å²) in [5.41, 5.74) is 10.7. The van der Waals surface area contributed by atoms with E-state index in [1.165, 1.54) is 6.07 Å². The molecule has 0 radical (unpaired) electrons. The molecule has 0 unspecified atom stereocenters. The molecule has 0 bridgehead atoms. The molecule has 19 heavy (non-hydrogen) atoms. The molecule has 1 aromatic rings. The van der Waals surface area contributed by atoms with E-state index in [1.54, 1.807) is 13.2 Å². The number of ether oxygens (including phenoxy) is 1. The first kappa shape index (κ1) is 15.3. The van der Waals surface area contributed by atoms with Gasteiger partial charge in [-0.15, -0.1) is 10.2 Å². The van der Waals surface area contributed by atoms with Crippen LogP contribution in [0.15, 0.2) is 12.1 Å². The zero-order chi connectivity index (χ0) is 14.3. The zero-order valence-electron chi connectivity index (χ0n) is 10.7. The van der Waals surface area contributed by atoms with Gasteiger partial charge in [0.2, 0.25) is 0 Å². The summed E-state index contributed by atoms with van der Waals surface area (Å²) in [5.74, 6) is 0.0175. The third-order valence-corrected chi connectivity index (χ3v) is 2.62. The van der Waals surface area contributed by atoms with Crippen molar-refractivity contribution in [3.63, 3.8) is 0 Å². The summed E-state index contributed by atoms with van der Waals surface area (Å²) in [5, 5.41) is 7.73. The summed E-state index contributed by atoms with van der Waals surface area (Å²) >= 11 is 4.85. The molecule has 7 nitrogen and oxygen atoms in total. The van der Waals surface area contributed by atoms with Gasteiger partial charge in [-0.25, -0.2) is 0 Å². The van der Waals surface area contributed by atoms with Gasteiger partial charge in [-0.3, -0.25) is 4.79 Å². The second-order valence-corrected chi connectivity index (χ2v) is 4.36. The number of methoxy groups -OCH3 is 1. The lowest BCUT2D eigenvalue weighted by Crippen LogP contribution is -2.31. The summed E-state index contributed by atoms with van der Waals surface area (Å²) < 4.78 is 5.03. The lowest BCUT2D eigenvalue weighted by atomic mass is 10.3. The van der Waals surface area contributed by atoms with Crippen LogP contribution in [0.3, 0.4) is 0 Å². The maximum atomic E-state index is 10.9. The Bertz CT molecular complexity index is 437. The summed E-state index contributed by atoms with van der Waals surface area (Å²) in [6, 6.07) is 3.22. The molecule has 1 heterocycles. The average Bonchev–Trinajstić information content (AvgIpc) is 2.39. The van der Waals surface area contributed by atoms with Crippen molar-refractivity contribution < 1.29 is 9.53 Å². The van der Waals surface area contributed by atoms with Crippen LogP contribution in [0.25, 0.3) is 0 Å². The van der Waals surface area contributed by atoms with E-state index in [4.69, 9.17) is 28.4 Å². The number of hydrogen-bond donors (Lipinski definition) is 2. The largest absolute Gasteiger partial charge is 0.393 e. The van der Waals surface area contributed by atoms with Crippen molar-refractivity contribution in [1.82, 2.24) is 10.2 Å². The third kappa shape index (κ3) is 5.14. The molecule has 8 heteroatoms. The fraction of sp³-hybridized carbons (Fsp3) is 0.455. The van der Waals surface area contributed by atoms with E-state index in [1.807, 2.05) is 4.90 Å². The molecule has 0 aromatic carbocycles. The van der Waals surface area contributed by atoms with E-state index in [-0.39, 0.29) is 5.69 Å². The van der Waals surface area contributed by atoms with Crippen LogP contribution in [0.5, 0.6) is 0 Å². The molecule has 0 aliphatic carbocycles. The van der Waals surface area contributed by atoms with Crippen molar-refractivity contribution in [3.05, 3.63) is 17.8 Å². The minimum Gasteiger partial charge on any atom is -0.393 e. The van der Waals surface area contributed by atoms with Gasteiger partial charge in [0.05, 0.1) is 11.6 Å². The van der Waals surface area contributed by atoms with Crippen LogP contribution < -0.4 is 16.4 Å². The Labute approximate surface area is 116 Å². The van der Waals surface area contributed by atoms with Gasteiger partial charge in [0.1, 0.15) is 0 Å². The van der Waals surface area contributed by atoms with Gasteiger partial charge in [0.15, 0.2) is 11.5 Å². The number of aromatic nitrogens is 2. The van der Waals surface area contributed by atoms with Gasteiger partial charge in [0, 0.05) is 26.6 Å². The monoisotopic (exact) mass is 283 g/mol. The fourth-order valence-electron chi connectivity index (χ4n) is 1.41. The van der Waals surface area contributed by atoms with Crippen molar-refractivity contribution in [2.75, 3.05) is 31.7 Å². The number of nitrogens with zero attached hydrogens (tertiary/aromatic N) is 3. The first-order valence-electron chi connectivity index (χ1n) is 5.70. The Morgan fingerprint density at radius 2 is 2.11 bits per heavy atom. The molecule has 0 saturated heterocycles. The summed E-state index contributed by atoms with van der Waals surface area (Å²) in [4.78, 5) is 13.3. The van der Waals surface area contributed by atoms with Crippen LogP contribution in [0, 0.1) is 0 Å².